The van der Waals surface area contributed by atoms with Crippen LogP contribution in [-0.4, -0.2) is 39.6 Å². The Morgan fingerprint density at radius 1 is 1.06 bits per heavy atom. The molecule has 0 unspecified atom stereocenters. The number of nitrogens with zero attached hydrogens (tertiary/aromatic N) is 2. The highest BCUT2D eigenvalue weighted by Gasteiger charge is 2.60. The number of aromatic nitrogens is 1. The van der Waals surface area contributed by atoms with Crippen LogP contribution in [0, 0.1) is 0 Å². The highest BCUT2D eigenvalue weighted by molar-refractivity contribution is 6.03. The van der Waals surface area contributed by atoms with E-state index in [0.29, 0.717) is 29.4 Å². The summed E-state index contributed by atoms with van der Waals surface area (Å²) in [6, 6.07) is 16.2. The lowest BCUT2D eigenvalue weighted by molar-refractivity contribution is -0.273. The lowest BCUT2D eigenvalue weighted by Crippen LogP contribution is -2.54. The number of benzene rings is 2. The van der Waals surface area contributed by atoms with Crippen LogP contribution in [0.5, 0.6) is 0 Å². The summed E-state index contributed by atoms with van der Waals surface area (Å²) in [4.78, 5) is 46.1. The first-order valence-electron chi connectivity index (χ1n) is 12.4. The summed E-state index contributed by atoms with van der Waals surface area (Å²) >= 11 is 0. The number of hydrogen-bond donors (Lipinski definition) is 1. The summed E-state index contributed by atoms with van der Waals surface area (Å²) in [6.45, 7) is 1.97. The van der Waals surface area contributed by atoms with Gasteiger partial charge in [0, 0.05) is 34.9 Å². The number of unbranched alkanes of at least 4 members (excludes halogenated alkanes) is 1. The molecule has 1 amide bonds. The van der Waals surface area contributed by atoms with Crippen LogP contribution in [0.15, 0.2) is 54.6 Å². The van der Waals surface area contributed by atoms with Crippen LogP contribution in [0.4, 0.5) is 0 Å². The third-order valence-corrected chi connectivity index (χ3v) is 7.49. The van der Waals surface area contributed by atoms with Crippen molar-refractivity contribution in [1.82, 2.24) is 9.63 Å². The third kappa shape index (κ3) is 3.55. The Morgan fingerprint density at radius 3 is 2.50 bits per heavy atom. The average molecular weight is 491 g/mol. The zero-order chi connectivity index (χ0) is 25.5. The average Bonchev–Trinajstić information content (AvgIpc) is 3.22. The molecular weight excluding hydrogens is 460 g/mol. The van der Waals surface area contributed by atoms with E-state index in [-0.39, 0.29) is 30.9 Å². The molecule has 5 rings (SSSR count). The minimum atomic E-state index is -2.58. The number of carbonyl (C=O) groups is 3. The number of ether oxygens (including phenoxy) is 1. The predicted molar refractivity (Wildman–Crippen MR) is 132 cm³/mol. The number of rotatable bonds is 7. The van der Waals surface area contributed by atoms with Crippen molar-refractivity contribution in [2.75, 3.05) is 7.11 Å². The van der Waals surface area contributed by atoms with E-state index in [1.54, 1.807) is 34.9 Å². The standard InChI is InChI=1S/C28H30N2O6/c1-3-4-15-27-16-14-22(31)29-21-13-9-8-12-20(21)24(25(27)29)28(34,30(35-2)23(32)17-27)26(33)36-18-19-10-6-5-7-11-19/h5-13,34H,3-4,14-18H2,1-2H3/t27-,28+/m1/s1. The molecule has 36 heavy (non-hydrogen) atoms. The largest absolute Gasteiger partial charge is 0.457 e. The highest BCUT2D eigenvalue weighted by Crippen LogP contribution is 2.52. The monoisotopic (exact) mass is 490 g/mol. The van der Waals surface area contributed by atoms with E-state index >= 15 is 0 Å². The van der Waals surface area contributed by atoms with Crippen molar-refractivity contribution in [3.8, 4) is 0 Å². The minimum Gasteiger partial charge on any atom is -0.457 e. The Kier molecular flexibility index (Phi) is 6.18. The van der Waals surface area contributed by atoms with E-state index < -0.39 is 23.0 Å². The number of esters is 1. The molecule has 3 heterocycles. The van der Waals surface area contributed by atoms with Crippen molar-refractivity contribution >= 4 is 28.7 Å². The van der Waals surface area contributed by atoms with E-state index in [1.807, 2.05) is 24.3 Å². The maximum absolute atomic E-state index is 13.7. The fourth-order valence-corrected chi connectivity index (χ4v) is 5.84. The molecule has 0 aliphatic carbocycles. The first-order valence-corrected chi connectivity index (χ1v) is 12.4. The van der Waals surface area contributed by atoms with E-state index in [4.69, 9.17) is 9.57 Å². The quantitative estimate of drug-likeness (QED) is 0.499. The van der Waals surface area contributed by atoms with Crippen LogP contribution in [0.25, 0.3) is 10.9 Å². The third-order valence-electron chi connectivity index (χ3n) is 7.49. The topological polar surface area (TPSA) is 98.1 Å². The Balaban J connectivity index is 1.76. The molecule has 0 spiro atoms. The molecule has 0 saturated carbocycles. The second-order valence-corrected chi connectivity index (χ2v) is 9.64. The summed E-state index contributed by atoms with van der Waals surface area (Å²) < 4.78 is 7.20. The Hall–Kier alpha value is -3.49. The Labute approximate surface area is 209 Å². The molecule has 1 aromatic heterocycles. The van der Waals surface area contributed by atoms with Gasteiger partial charge < -0.3 is 9.84 Å². The van der Waals surface area contributed by atoms with Gasteiger partial charge in [-0.25, -0.2) is 4.79 Å². The Morgan fingerprint density at radius 2 is 1.78 bits per heavy atom. The smallest absolute Gasteiger partial charge is 0.367 e. The van der Waals surface area contributed by atoms with Gasteiger partial charge in [0.05, 0.1) is 12.6 Å². The summed E-state index contributed by atoms with van der Waals surface area (Å²) in [5.41, 5.74) is -1.28. The van der Waals surface area contributed by atoms with Gasteiger partial charge in [0.15, 0.2) is 0 Å². The van der Waals surface area contributed by atoms with Crippen LogP contribution in [-0.2, 0) is 36.9 Å². The number of hydroxylamine groups is 2. The maximum atomic E-state index is 13.7. The first kappa shape index (κ1) is 24.2. The van der Waals surface area contributed by atoms with Gasteiger partial charge in [0.2, 0.25) is 5.91 Å². The number of amides is 1. The number of hydrogen-bond acceptors (Lipinski definition) is 6. The van der Waals surface area contributed by atoms with Gasteiger partial charge in [-0.3, -0.25) is 19.0 Å². The molecule has 2 atom stereocenters. The van der Waals surface area contributed by atoms with Gasteiger partial charge in [-0.1, -0.05) is 68.3 Å². The van der Waals surface area contributed by atoms with E-state index in [0.717, 1.165) is 23.5 Å². The molecular formula is C28H30N2O6. The van der Waals surface area contributed by atoms with Crippen molar-refractivity contribution in [2.45, 2.75) is 63.2 Å². The van der Waals surface area contributed by atoms with Crippen LogP contribution in [0.2, 0.25) is 0 Å². The number of carbonyl (C=O) groups excluding carboxylic acids is 3. The molecule has 8 heteroatoms. The zero-order valence-electron chi connectivity index (χ0n) is 20.5. The summed E-state index contributed by atoms with van der Waals surface area (Å²) in [7, 11) is 1.25. The van der Waals surface area contributed by atoms with Gasteiger partial charge in [0.25, 0.3) is 11.6 Å². The molecule has 2 aromatic carbocycles. The Bertz CT molecular complexity index is 1330. The fourth-order valence-electron chi connectivity index (χ4n) is 5.84. The van der Waals surface area contributed by atoms with Crippen LogP contribution < -0.4 is 0 Å². The fraction of sp³-hybridized carbons (Fsp3) is 0.393. The van der Waals surface area contributed by atoms with Crippen LogP contribution in [0.1, 0.15) is 67.1 Å². The van der Waals surface area contributed by atoms with Crippen molar-refractivity contribution in [1.29, 1.82) is 0 Å². The molecule has 1 N–H and O–H groups in total. The van der Waals surface area contributed by atoms with E-state index in [2.05, 4.69) is 6.92 Å². The lowest BCUT2D eigenvalue weighted by Gasteiger charge is -2.37. The van der Waals surface area contributed by atoms with Gasteiger partial charge in [0.1, 0.15) is 6.61 Å². The van der Waals surface area contributed by atoms with Gasteiger partial charge in [-0.2, -0.15) is 5.06 Å². The molecule has 8 nitrogen and oxygen atoms in total. The summed E-state index contributed by atoms with van der Waals surface area (Å²) in [5, 5.41) is 13.5. The van der Waals surface area contributed by atoms with Crippen LogP contribution >= 0.6 is 0 Å². The summed E-state index contributed by atoms with van der Waals surface area (Å²) in [5.74, 6) is -1.70. The van der Waals surface area contributed by atoms with Gasteiger partial charge in [-0.15, -0.1) is 0 Å². The van der Waals surface area contributed by atoms with Crippen LogP contribution in [0.3, 0.4) is 0 Å². The molecule has 0 radical (unpaired) electrons. The molecule has 2 aliphatic rings. The van der Waals surface area contributed by atoms with Gasteiger partial charge in [-0.05, 0) is 24.5 Å². The van der Waals surface area contributed by atoms with E-state index in [9.17, 15) is 19.5 Å². The minimum absolute atomic E-state index is 0.00567. The SMILES string of the molecule is CCCC[C@]12CCC(=O)n3c1c(c1ccccc13)[C@](O)(C(=O)OCc1ccccc1)N(OC)C(=O)C2. The molecule has 0 fully saturated rings. The van der Waals surface area contributed by atoms with Crippen molar-refractivity contribution in [3.05, 3.63) is 71.4 Å². The van der Waals surface area contributed by atoms with E-state index in [1.165, 1.54) is 7.11 Å². The highest BCUT2D eigenvalue weighted by atomic mass is 16.7. The molecule has 0 saturated heterocycles. The van der Waals surface area contributed by atoms with Gasteiger partial charge >= 0.3 is 5.97 Å². The second kappa shape index (κ2) is 9.19. The predicted octanol–water partition coefficient (Wildman–Crippen LogP) is 4.19. The number of aliphatic hydroxyl groups is 1. The zero-order valence-corrected chi connectivity index (χ0v) is 20.5. The second-order valence-electron chi connectivity index (χ2n) is 9.64. The molecule has 188 valence electrons. The number of para-hydroxylation sites is 1. The summed E-state index contributed by atoms with van der Waals surface area (Å²) in [6.07, 6.45) is 3.09. The molecule has 3 aromatic rings. The number of fused-ring (bicyclic) bond motifs is 3. The normalized spacial score (nSPS) is 23.5. The molecule has 0 bridgehead atoms. The molecule has 2 aliphatic heterocycles. The lowest BCUT2D eigenvalue weighted by atomic mass is 9.70. The van der Waals surface area contributed by atoms with Crippen molar-refractivity contribution in [3.63, 3.8) is 0 Å². The first-order chi connectivity index (χ1) is 17.4. The van der Waals surface area contributed by atoms with Crippen molar-refractivity contribution < 1.29 is 29.1 Å². The van der Waals surface area contributed by atoms with Crippen molar-refractivity contribution in [2.24, 2.45) is 0 Å². The maximum Gasteiger partial charge on any atom is 0.367 e.